The Morgan fingerprint density at radius 1 is 1.12 bits per heavy atom. The number of hydrogen-bond donors (Lipinski definition) is 3. The average Bonchev–Trinajstić information content (AvgIpc) is 3.04. The first kappa shape index (κ1) is 17.1. The van der Waals surface area contributed by atoms with Gasteiger partial charge in [0.2, 0.25) is 5.95 Å². The van der Waals surface area contributed by atoms with Crippen molar-refractivity contribution in [3.8, 4) is 0 Å². The molecule has 0 radical (unpaired) electrons. The van der Waals surface area contributed by atoms with Gasteiger partial charge >= 0.3 is 0 Å². The zero-order valence-electron chi connectivity index (χ0n) is 12.3. The third-order valence-electron chi connectivity index (χ3n) is 3.28. The summed E-state index contributed by atoms with van der Waals surface area (Å²) in [5, 5.41) is 12.2. The minimum Gasteiger partial charge on any atom is -0.351 e. The van der Waals surface area contributed by atoms with Crippen LogP contribution in [0.3, 0.4) is 0 Å². The zero-order valence-corrected chi connectivity index (χ0v) is 16.0. The highest BCUT2D eigenvalue weighted by Gasteiger charge is 2.19. The highest BCUT2D eigenvalue weighted by Crippen LogP contribution is 2.36. The first-order valence-corrected chi connectivity index (χ1v) is 8.66. The van der Waals surface area contributed by atoms with Crippen molar-refractivity contribution in [3.63, 3.8) is 0 Å². The molecular formula is C15H11BrF2IN5. The fourth-order valence-corrected chi connectivity index (χ4v) is 3.16. The molecule has 2 aromatic carbocycles. The lowest BCUT2D eigenvalue weighted by Crippen LogP contribution is -2.05. The number of halogens is 4. The topological polar surface area (TPSA) is 65.6 Å². The lowest BCUT2D eigenvalue weighted by atomic mass is 10.1. The molecule has 3 rings (SSSR count). The summed E-state index contributed by atoms with van der Waals surface area (Å²) in [6.07, 6.45) is 1.31. The number of aromatic amines is 1. The maximum atomic E-state index is 14.5. The highest BCUT2D eigenvalue weighted by atomic mass is 127. The van der Waals surface area contributed by atoms with E-state index in [0.717, 1.165) is 9.13 Å². The average molecular weight is 506 g/mol. The Morgan fingerprint density at radius 2 is 1.92 bits per heavy atom. The van der Waals surface area contributed by atoms with E-state index in [0.29, 0.717) is 17.3 Å². The van der Waals surface area contributed by atoms with Gasteiger partial charge in [0.25, 0.3) is 0 Å². The van der Waals surface area contributed by atoms with Gasteiger partial charge < -0.3 is 10.6 Å². The monoisotopic (exact) mass is 505 g/mol. The van der Waals surface area contributed by atoms with Gasteiger partial charge in [-0.1, -0.05) is 0 Å². The van der Waals surface area contributed by atoms with Crippen molar-refractivity contribution in [1.82, 2.24) is 15.2 Å². The van der Waals surface area contributed by atoms with Gasteiger partial charge in [-0.15, -0.1) is 0 Å². The standard InChI is InChI=1S/C15H11BrF2IN5/c1-7-4-8(19)2-3-10(7)22-14-11(23-15-20-6-21-24-15)5-9(16)12(17)13(14)18/h2-6,22H,1H3,(H2,20,21,23,24). The Kier molecular flexibility index (Phi) is 4.99. The molecule has 0 saturated carbocycles. The number of hydrogen-bond acceptors (Lipinski definition) is 4. The molecular weight excluding hydrogens is 495 g/mol. The molecule has 0 fully saturated rings. The van der Waals surface area contributed by atoms with Gasteiger partial charge in [0, 0.05) is 9.26 Å². The molecule has 24 heavy (non-hydrogen) atoms. The first-order chi connectivity index (χ1) is 11.5. The number of H-pyrrole nitrogens is 1. The summed E-state index contributed by atoms with van der Waals surface area (Å²) in [7, 11) is 0. The second kappa shape index (κ2) is 7.01. The predicted molar refractivity (Wildman–Crippen MR) is 101 cm³/mol. The van der Waals surface area contributed by atoms with Crippen molar-refractivity contribution in [2.75, 3.05) is 10.6 Å². The molecule has 5 nitrogen and oxygen atoms in total. The van der Waals surface area contributed by atoms with Crippen LogP contribution in [0.25, 0.3) is 0 Å². The summed E-state index contributed by atoms with van der Waals surface area (Å²) in [6.45, 7) is 1.89. The predicted octanol–water partition coefficient (Wildman–Crippen LogP) is 5.25. The Hall–Kier alpha value is -1.75. The van der Waals surface area contributed by atoms with Crippen molar-refractivity contribution >= 4 is 61.5 Å². The maximum absolute atomic E-state index is 14.5. The molecule has 3 N–H and O–H groups in total. The molecule has 0 saturated heterocycles. The quantitative estimate of drug-likeness (QED) is 0.335. The smallest absolute Gasteiger partial charge is 0.222 e. The van der Waals surface area contributed by atoms with Gasteiger partial charge in [0.1, 0.15) is 12.0 Å². The normalized spacial score (nSPS) is 10.7. The van der Waals surface area contributed by atoms with Crippen LogP contribution in [0.1, 0.15) is 5.56 Å². The van der Waals surface area contributed by atoms with Crippen LogP contribution in [0.2, 0.25) is 0 Å². The van der Waals surface area contributed by atoms with E-state index < -0.39 is 11.6 Å². The number of rotatable bonds is 4. The van der Waals surface area contributed by atoms with Crippen molar-refractivity contribution < 1.29 is 8.78 Å². The summed E-state index contributed by atoms with van der Waals surface area (Å²) >= 11 is 5.21. The number of aryl methyl sites for hydroxylation is 1. The van der Waals surface area contributed by atoms with Gasteiger partial charge in [-0.2, -0.15) is 10.1 Å². The van der Waals surface area contributed by atoms with E-state index in [4.69, 9.17) is 0 Å². The zero-order chi connectivity index (χ0) is 17.3. The van der Waals surface area contributed by atoms with Crippen LogP contribution in [-0.2, 0) is 0 Å². The molecule has 3 aromatic rings. The number of nitrogens with one attached hydrogen (secondary N) is 3. The van der Waals surface area contributed by atoms with Crippen LogP contribution in [0.5, 0.6) is 0 Å². The third-order valence-corrected chi connectivity index (χ3v) is 4.53. The van der Waals surface area contributed by atoms with Crippen LogP contribution in [0.15, 0.2) is 35.1 Å². The van der Waals surface area contributed by atoms with E-state index in [1.54, 1.807) is 0 Å². The Morgan fingerprint density at radius 3 is 2.58 bits per heavy atom. The molecule has 9 heteroatoms. The van der Waals surface area contributed by atoms with Crippen LogP contribution >= 0.6 is 38.5 Å². The molecule has 0 bridgehead atoms. The first-order valence-electron chi connectivity index (χ1n) is 6.78. The molecule has 1 aromatic heterocycles. The van der Waals surface area contributed by atoms with E-state index in [1.807, 2.05) is 25.1 Å². The minimum absolute atomic E-state index is 0.00639. The maximum Gasteiger partial charge on any atom is 0.222 e. The molecule has 0 aliphatic rings. The van der Waals surface area contributed by atoms with Crippen molar-refractivity contribution in [2.24, 2.45) is 0 Å². The van der Waals surface area contributed by atoms with Crippen molar-refractivity contribution in [2.45, 2.75) is 6.92 Å². The lowest BCUT2D eigenvalue weighted by Gasteiger charge is -2.16. The van der Waals surface area contributed by atoms with Gasteiger partial charge in [0.15, 0.2) is 11.6 Å². The SMILES string of the molecule is Cc1cc(I)ccc1Nc1c(Nc2ncn[nH]2)cc(Br)c(F)c1F. The van der Waals surface area contributed by atoms with Crippen molar-refractivity contribution in [1.29, 1.82) is 0 Å². The second-order valence-electron chi connectivity index (χ2n) is 4.95. The largest absolute Gasteiger partial charge is 0.351 e. The molecule has 0 aliphatic carbocycles. The molecule has 0 atom stereocenters. The number of aromatic nitrogens is 3. The summed E-state index contributed by atoms with van der Waals surface area (Å²) in [4.78, 5) is 3.93. The van der Waals surface area contributed by atoms with E-state index in [9.17, 15) is 8.78 Å². The molecule has 0 aliphatic heterocycles. The molecule has 124 valence electrons. The molecule has 0 amide bonds. The summed E-state index contributed by atoms with van der Waals surface area (Å²) < 4.78 is 29.5. The number of benzene rings is 2. The van der Waals surface area contributed by atoms with E-state index in [-0.39, 0.29) is 10.2 Å². The Balaban J connectivity index is 2.05. The van der Waals surface area contributed by atoms with Crippen LogP contribution < -0.4 is 10.6 Å². The van der Waals surface area contributed by atoms with Crippen molar-refractivity contribution in [3.05, 3.63) is 55.8 Å². The Bertz CT molecular complexity index is 886. The molecule has 0 unspecified atom stereocenters. The van der Waals surface area contributed by atoms with Gasteiger partial charge in [0.05, 0.1) is 10.2 Å². The van der Waals surface area contributed by atoms with Crippen LogP contribution in [-0.4, -0.2) is 15.2 Å². The number of nitrogens with zero attached hydrogens (tertiary/aromatic N) is 2. The number of anilines is 4. The third kappa shape index (κ3) is 3.51. The molecule has 0 spiro atoms. The van der Waals surface area contributed by atoms with Crippen LogP contribution in [0.4, 0.5) is 31.8 Å². The fourth-order valence-electron chi connectivity index (χ4n) is 2.11. The fraction of sp³-hybridized carbons (Fsp3) is 0.0667. The lowest BCUT2D eigenvalue weighted by molar-refractivity contribution is 0.508. The van der Waals surface area contributed by atoms with E-state index in [2.05, 4.69) is 64.3 Å². The van der Waals surface area contributed by atoms with E-state index >= 15 is 0 Å². The van der Waals surface area contributed by atoms with Crippen LogP contribution in [0, 0.1) is 22.1 Å². The van der Waals surface area contributed by atoms with Gasteiger partial charge in [-0.3, -0.25) is 0 Å². The summed E-state index contributed by atoms with van der Waals surface area (Å²) in [6, 6.07) is 7.08. The Labute approximate surface area is 158 Å². The highest BCUT2D eigenvalue weighted by molar-refractivity contribution is 14.1. The van der Waals surface area contributed by atoms with Gasteiger partial charge in [-0.05, 0) is 75.3 Å². The second-order valence-corrected chi connectivity index (χ2v) is 7.05. The summed E-state index contributed by atoms with van der Waals surface area (Å²) in [5.41, 5.74) is 1.89. The summed E-state index contributed by atoms with van der Waals surface area (Å²) in [5.74, 6) is -1.65. The van der Waals surface area contributed by atoms with Gasteiger partial charge in [-0.25, -0.2) is 13.9 Å². The minimum atomic E-state index is -0.996. The molecule has 1 heterocycles. The van der Waals surface area contributed by atoms with E-state index in [1.165, 1.54) is 12.4 Å².